The Morgan fingerprint density at radius 1 is 1.60 bits per heavy atom. The largest absolute Gasteiger partial charge is 0.459 e. The average Bonchev–Trinajstić information content (AvgIpc) is 2.15. The van der Waals surface area contributed by atoms with Crippen molar-refractivity contribution in [1.29, 1.82) is 0 Å². The number of hydrogen-bond acceptors (Lipinski definition) is 4. The third kappa shape index (κ3) is 3.83. The zero-order valence-corrected chi connectivity index (χ0v) is 9.37. The van der Waals surface area contributed by atoms with Gasteiger partial charge in [-0.1, -0.05) is 6.08 Å². The molecular weight excluding hydrogens is 194 g/mol. The third-order valence-electron chi connectivity index (χ3n) is 2.01. The first-order valence-electron chi connectivity index (χ1n) is 5.03. The fourth-order valence-electron chi connectivity index (χ4n) is 1.31. The molecule has 1 atom stereocenters. The summed E-state index contributed by atoms with van der Waals surface area (Å²) in [6.45, 7) is 5.94. The lowest BCUT2D eigenvalue weighted by molar-refractivity contribution is -0.157. The minimum Gasteiger partial charge on any atom is -0.459 e. The van der Waals surface area contributed by atoms with Crippen molar-refractivity contribution in [3.05, 3.63) is 11.6 Å². The lowest BCUT2D eigenvalue weighted by Crippen LogP contribution is -2.43. The van der Waals surface area contributed by atoms with E-state index in [1.54, 1.807) is 6.08 Å². The summed E-state index contributed by atoms with van der Waals surface area (Å²) in [5.74, 6) is -0.260. The molecule has 0 radical (unpaired) electrons. The van der Waals surface area contributed by atoms with Crippen LogP contribution < -0.4 is 5.32 Å². The molecule has 0 aromatic carbocycles. The van der Waals surface area contributed by atoms with Crippen LogP contribution in [0.15, 0.2) is 11.6 Å². The number of rotatable bonds is 2. The molecule has 84 valence electrons. The highest BCUT2D eigenvalue weighted by Gasteiger charge is 2.26. The highest BCUT2D eigenvalue weighted by atomic mass is 16.6. The number of aldehydes is 1. The summed E-state index contributed by atoms with van der Waals surface area (Å²) in [5.41, 5.74) is 0.225. The number of esters is 1. The maximum absolute atomic E-state index is 11.6. The van der Waals surface area contributed by atoms with Gasteiger partial charge in [0, 0.05) is 12.1 Å². The molecule has 1 aliphatic heterocycles. The predicted molar refractivity (Wildman–Crippen MR) is 56.4 cm³/mol. The van der Waals surface area contributed by atoms with E-state index in [1.165, 1.54) is 0 Å². The van der Waals surface area contributed by atoms with Gasteiger partial charge in [0.25, 0.3) is 0 Å². The number of carbonyl (C=O) groups is 2. The lowest BCUT2D eigenvalue weighted by Gasteiger charge is -2.25. The van der Waals surface area contributed by atoms with Gasteiger partial charge < -0.3 is 4.74 Å². The van der Waals surface area contributed by atoms with Gasteiger partial charge in [-0.25, -0.2) is 0 Å². The van der Waals surface area contributed by atoms with E-state index in [-0.39, 0.29) is 12.0 Å². The Labute approximate surface area is 89.7 Å². The van der Waals surface area contributed by atoms with Gasteiger partial charge in [-0.05, 0) is 27.2 Å². The van der Waals surface area contributed by atoms with E-state index in [0.29, 0.717) is 18.5 Å². The van der Waals surface area contributed by atoms with Crippen LogP contribution in [0.25, 0.3) is 0 Å². The first-order chi connectivity index (χ1) is 6.92. The van der Waals surface area contributed by atoms with Gasteiger partial charge >= 0.3 is 5.97 Å². The first kappa shape index (κ1) is 11.9. The van der Waals surface area contributed by atoms with E-state index in [1.807, 2.05) is 20.8 Å². The minimum atomic E-state index is -0.465. The Morgan fingerprint density at radius 2 is 2.27 bits per heavy atom. The molecule has 1 rings (SSSR count). The number of nitrogens with one attached hydrogen (secondary N) is 1. The topological polar surface area (TPSA) is 55.4 Å². The van der Waals surface area contributed by atoms with Crippen molar-refractivity contribution in [2.24, 2.45) is 0 Å². The molecule has 0 saturated carbocycles. The van der Waals surface area contributed by atoms with Gasteiger partial charge in [0.15, 0.2) is 0 Å². The summed E-state index contributed by atoms with van der Waals surface area (Å²) >= 11 is 0. The van der Waals surface area contributed by atoms with E-state index < -0.39 is 5.60 Å². The highest BCUT2D eigenvalue weighted by molar-refractivity contribution is 5.79. The Bertz CT molecular complexity index is 289. The molecule has 0 spiro atoms. The smallest absolute Gasteiger partial charge is 0.323 e. The molecule has 0 bridgehead atoms. The van der Waals surface area contributed by atoms with Gasteiger partial charge in [0.05, 0.1) is 0 Å². The van der Waals surface area contributed by atoms with Crippen molar-refractivity contribution in [3.8, 4) is 0 Å². The maximum atomic E-state index is 11.6. The van der Waals surface area contributed by atoms with Crippen molar-refractivity contribution in [2.45, 2.75) is 38.8 Å². The third-order valence-corrected chi connectivity index (χ3v) is 2.01. The van der Waals surface area contributed by atoms with Gasteiger partial charge in [-0.3, -0.25) is 14.9 Å². The van der Waals surface area contributed by atoms with Gasteiger partial charge in [0.1, 0.15) is 17.9 Å². The molecule has 4 heteroatoms. The van der Waals surface area contributed by atoms with E-state index >= 15 is 0 Å². The van der Waals surface area contributed by atoms with E-state index in [2.05, 4.69) is 5.32 Å². The average molecular weight is 211 g/mol. The monoisotopic (exact) mass is 211 g/mol. The van der Waals surface area contributed by atoms with E-state index in [0.717, 1.165) is 6.29 Å². The zero-order chi connectivity index (χ0) is 11.5. The molecule has 1 N–H and O–H groups in total. The summed E-state index contributed by atoms with van der Waals surface area (Å²) in [6.07, 6.45) is 3.10. The second kappa shape index (κ2) is 4.57. The fraction of sp³-hybridized carbons (Fsp3) is 0.636. The van der Waals surface area contributed by atoms with Crippen molar-refractivity contribution in [2.75, 3.05) is 6.54 Å². The molecule has 0 aliphatic carbocycles. The van der Waals surface area contributed by atoms with Crippen LogP contribution >= 0.6 is 0 Å². The summed E-state index contributed by atoms with van der Waals surface area (Å²) < 4.78 is 5.23. The quantitative estimate of drug-likeness (QED) is 0.542. The minimum absolute atomic E-state index is 0.260. The van der Waals surface area contributed by atoms with Crippen LogP contribution in [0, 0.1) is 0 Å². The molecular formula is C11H17NO3. The summed E-state index contributed by atoms with van der Waals surface area (Å²) in [7, 11) is 0. The second-order valence-electron chi connectivity index (χ2n) is 4.60. The van der Waals surface area contributed by atoms with Crippen molar-refractivity contribution >= 4 is 12.3 Å². The van der Waals surface area contributed by atoms with Crippen LogP contribution in [-0.2, 0) is 14.3 Å². The Balaban J connectivity index is 2.50. The lowest BCUT2D eigenvalue weighted by atomic mass is 10.1. The molecule has 4 nitrogen and oxygen atoms in total. The highest BCUT2D eigenvalue weighted by Crippen LogP contribution is 2.12. The molecule has 1 heterocycles. The van der Waals surface area contributed by atoms with E-state index in [9.17, 15) is 9.59 Å². The summed E-state index contributed by atoms with van der Waals surface area (Å²) in [6, 6.07) is -0.326. The van der Waals surface area contributed by atoms with Crippen molar-refractivity contribution in [1.82, 2.24) is 5.32 Å². The van der Waals surface area contributed by atoms with Crippen LogP contribution in [0.3, 0.4) is 0 Å². The second-order valence-corrected chi connectivity index (χ2v) is 4.60. The van der Waals surface area contributed by atoms with Gasteiger partial charge in [0.2, 0.25) is 0 Å². The Morgan fingerprint density at radius 3 is 2.67 bits per heavy atom. The molecule has 1 unspecified atom stereocenters. The van der Waals surface area contributed by atoms with Crippen LogP contribution in [0.4, 0.5) is 0 Å². The van der Waals surface area contributed by atoms with Crippen LogP contribution in [0.5, 0.6) is 0 Å². The molecule has 0 aromatic heterocycles. The zero-order valence-electron chi connectivity index (χ0n) is 9.37. The van der Waals surface area contributed by atoms with Gasteiger partial charge in [-0.2, -0.15) is 0 Å². The Kier molecular flexibility index (Phi) is 3.63. The SMILES string of the molecule is CC(C)(C)OC(=O)C1CC=C(C=O)CN1. The van der Waals surface area contributed by atoms with E-state index in [4.69, 9.17) is 4.74 Å². The summed E-state index contributed by atoms with van der Waals surface area (Å²) in [5, 5.41) is 2.97. The number of carbonyl (C=O) groups excluding carboxylic acids is 2. The Hall–Kier alpha value is -1.16. The molecule has 15 heavy (non-hydrogen) atoms. The maximum Gasteiger partial charge on any atom is 0.323 e. The van der Waals surface area contributed by atoms with Crippen LogP contribution in [0.1, 0.15) is 27.2 Å². The first-order valence-corrected chi connectivity index (χ1v) is 5.03. The van der Waals surface area contributed by atoms with Crippen LogP contribution in [0.2, 0.25) is 0 Å². The van der Waals surface area contributed by atoms with Crippen molar-refractivity contribution < 1.29 is 14.3 Å². The van der Waals surface area contributed by atoms with Crippen molar-refractivity contribution in [3.63, 3.8) is 0 Å². The fourth-order valence-corrected chi connectivity index (χ4v) is 1.31. The molecule has 0 fully saturated rings. The molecule has 1 aliphatic rings. The predicted octanol–water partition coefficient (Wildman–Crippen LogP) is 0.815. The standard InChI is InChI=1S/C11H17NO3/c1-11(2,3)15-10(14)9-5-4-8(7-13)6-12-9/h4,7,9,12H,5-6H2,1-3H3. The van der Waals surface area contributed by atoms with Gasteiger partial charge in [-0.15, -0.1) is 0 Å². The molecule has 0 aromatic rings. The van der Waals surface area contributed by atoms with Crippen LogP contribution in [-0.4, -0.2) is 30.4 Å². The molecule has 0 amide bonds. The molecule has 0 saturated heterocycles. The number of ether oxygens (including phenoxy) is 1. The normalized spacial score (nSPS) is 21.8. The summed E-state index contributed by atoms with van der Waals surface area (Å²) in [4.78, 5) is 22.0. The number of hydrogen-bond donors (Lipinski definition) is 1.